The number of carbonyl (C=O) groups is 1. The van der Waals surface area contributed by atoms with E-state index in [0.29, 0.717) is 17.5 Å². The number of hydrogen-bond donors (Lipinski definition) is 2. The summed E-state index contributed by atoms with van der Waals surface area (Å²) < 4.78 is 0. The molecule has 1 aromatic rings. The van der Waals surface area contributed by atoms with E-state index < -0.39 is 0 Å². The van der Waals surface area contributed by atoms with Crippen LogP contribution in [0.15, 0.2) is 18.2 Å². The highest BCUT2D eigenvalue weighted by atomic mass is 35.5. The zero-order chi connectivity index (χ0) is 13.8. The Kier molecular flexibility index (Phi) is 4.80. The molecule has 1 heterocycles. The minimum atomic E-state index is -0.0380. The van der Waals surface area contributed by atoms with E-state index in [1.54, 1.807) is 6.07 Å². The minimum Gasteiger partial charge on any atom is -0.396 e. The Morgan fingerprint density at radius 1 is 1.58 bits per heavy atom. The van der Waals surface area contributed by atoms with Crippen LogP contribution in [0, 0.1) is 12.8 Å². The molecule has 104 valence electrons. The lowest BCUT2D eigenvalue weighted by molar-refractivity contribution is -0.117. The topological polar surface area (TPSA) is 52.6 Å². The monoisotopic (exact) mass is 282 g/mol. The first-order valence-corrected chi connectivity index (χ1v) is 6.86. The Hall–Kier alpha value is -1.10. The number of likely N-dealkylation sites (tertiary alicyclic amines) is 1. The van der Waals surface area contributed by atoms with Crippen LogP contribution in [-0.4, -0.2) is 42.2 Å². The van der Waals surface area contributed by atoms with Crippen LogP contribution in [0.4, 0.5) is 5.69 Å². The van der Waals surface area contributed by atoms with Crippen molar-refractivity contribution in [1.82, 2.24) is 4.90 Å². The van der Waals surface area contributed by atoms with E-state index >= 15 is 0 Å². The fraction of sp³-hybridized carbons (Fsp3) is 0.500. The number of nitrogens with zero attached hydrogens (tertiary/aromatic N) is 1. The van der Waals surface area contributed by atoms with Crippen LogP contribution in [0.1, 0.15) is 12.0 Å². The average Bonchev–Trinajstić information content (AvgIpc) is 2.82. The number of nitrogens with one attached hydrogen (secondary N) is 1. The van der Waals surface area contributed by atoms with Crippen molar-refractivity contribution >= 4 is 23.2 Å². The maximum Gasteiger partial charge on any atom is 0.238 e. The minimum absolute atomic E-state index is 0.0380. The number of amides is 1. The van der Waals surface area contributed by atoms with Gasteiger partial charge in [0.05, 0.1) is 6.54 Å². The lowest BCUT2D eigenvalue weighted by atomic mass is 10.1. The summed E-state index contributed by atoms with van der Waals surface area (Å²) in [4.78, 5) is 14.0. The number of hydrogen-bond acceptors (Lipinski definition) is 3. The van der Waals surface area contributed by atoms with Gasteiger partial charge in [-0.3, -0.25) is 9.69 Å². The molecule has 19 heavy (non-hydrogen) atoms. The van der Waals surface area contributed by atoms with E-state index in [1.807, 2.05) is 19.1 Å². The second kappa shape index (κ2) is 6.37. The zero-order valence-electron chi connectivity index (χ0n) is 11.0. The van der Waals surface area contributed by atoms with E-state index in [2.05, 4.69) is 10.2 Å². The SMILES string of the molecule is Cc1c(Cl)cccc1NC(=O)CN1CCC(CO)C1. The van der Waals surface area contributed by atoms with Gasteiger partial charge in [0.15, 0.2) is 0 Å². The Morgan fingerprint density at radius 2 is 2.37 bits per heavy atom. The summed E-state index contributed by atoms with van der Waals surface area (Å²) in [5, 5.41) is 12.6. The van der Waals surface area contributed by atoms with Crippen molar-refractivity contribution < 1.29 is 9.90 Å². The van der Waals surface area contributed by atoms with E-state index in [1.165, 1.54) is 0 Å². The zero-order valence-corrected chi connectivity index (χ0v) is 11.8. The van der Waals surface area contributed by atoms with Crippen LogP contribution in [-0.2, 0) is 4.79 Å². The molecule has 1 amide bonds. The predicted octanol–water partition coefficient (Wildman–Crippen LogP) is 1.90. The normalized spacial score (nSPS) is 19.6. The van der Waals surface area contributed by atoms with Gasteiger partial charge < -0.3 is 10.4 Å². The van der Waals surface area contributed by atoms with Crippen LogP contribution in [0.25, 0.3) is 0 Å². The number of anilines is 1. The molecule has 0 bridgehead atoms. The maximum absolute atomic E-state index is 12.0. The molecule has 0 radical (unpaired) electrons. The Morgan fingerprint density at radius 3 is 3.05 bits per heavy atom. The van der Waals surface area contributed by atoms with E-state index in [-0.39, 0.29) is 12.5 Å². The molecule has 0 spiro atoms. The number of carbonyl (C=O) groups excluding carboxylic acids is 1. The first-order chi connectivity index (χ1) is 9.10. The summed E-state index contributed by atoms with van der Waals surface area (Å²) >= 11 is 6.02. The third kappa shape index (κ3) is 3.69. The number of halogens is 1. The van der Waals surface area contributed by atoms with Gasteiger partial charge in [-0.1, -0.05) is 17.7 Å². The number of aliphatic hydroxyl groups excluding tert-OH is 1. The van der Waals surface area contributed by atoms with Gasteiger partial charge in [0.25, 0.3) is 0 Å². The smallest absolute Gasteiger partial charge is 0.238 e. The molecule has 0 aromatic heterocycles. The largest absolute Gasteiger partial charge is 0.396 e. The number of benzene rings is 1. The van der Waals surface area contributed by atoms with Gasteiger partial charge in [0.2, 0.25) is 5.91 Å². The lowest BCUT2D eigenvalue weighted by Crippen LogP contribution is -2.32. The van der Waals surface area contributed by atoms with Gasteiger partial charge >= 0.3 is 0 Å². The summed E-state index contributed by atoms with van der Waals surface area (Å²) in [6, 6.07) is 5.47. The summed E-state index contributed by atoms with van der Waals surface area (Å²) in [6.45, 7) is 4.11. The molecule has 1 unspecified atom stereocenters. The Bertz CT molecular complexity index is 465. The van der Waals surface area contributed by atoms with Crippen molar-refractivity contribution in [3.8, 4) is 0 Å². The molecule has 4 nitrogen and oxygen atoms in total. The van der Waals surface area contributed by atoms with Crippen molar-refractivity contribution in [3.63, 3.8) is 0 Å². The average molecular weight is 283 g/mol. The number of rotatable bonds is 4. The summed E-state index contributed by atoms with van der Waals surface area (Å²) in [6.07, 6.45) is 0.958. The second-order valence-electron chi connectivity index (χ2n) is 5.03. The highest BCUT2D eigenvalue weighted by molar-refractivity contribution is 6.31. The Balaban J connectivity index is 1.89. The van der Waals surface area contributed by atoms with Crippen LogP contribution >= 0.6 is 11.6 Å². The van der Waals surface area contributed by atoms with Gasteiger partial charge in [0.1, 0.15) is 0 Å². The van der Waals surface area contributed by atoms with Gasteiger partial charge in [-0.15, -0.1) is 0 Å². The van der Waals surface area contributed by atoms with E-state index in [4.69, 9.17) is 16.7 Å². The molecule has 1 fully saturated rings. The molecule has 1 aliphatic heterocycles. The van der Waals surface area contributed by atoms with Crippen LogP contribution < -0.4 is 5.32 Å². The first-order valence-electron chi connectivity index (χ1n) is 6.48. The molecule has 2 rings (SSSR count). The summed E-state index contributed by atoms with van der Waals surface area (Å²) in [7, 11) is 0. The summed E-state index contributed by atoms with van der Waals surface area (Å²) in [5.41, 5.74) is 1.64. The quantitative estimate of drug-likeness (QED) is 0.887. The van der Waals surface area contributed by atoms with Gasteiger partial charge in [-0.2, -0.15) is 0 Å². The lowest BCUT2D eigenvalue weighted by Gasteiger charge is -2.16. The van der Waals surface area contributed by atoms with E-state index in [9.17, 15) is 4.79 Å². The van der Waals surface area contributed by atoms with Crippen LogP contribution in [0.5, 0.6) is 0 Å². The van der Waals surface area contributed by atoms with Gasteiger partial charge in [-0.05, 0) is 43.5 Å². The predicted molar refractivity (Wildman–Crippen MR) is 76.5 cm³/mol. The standard InChI is InChI=1S/C14H19ClN2O2/c1-10-12(15)3-2-4-13(10)16-14(19)8-17-6-5-11(7-17)9-18/h2-4,11,18H,5-9H2,1H3,(H,16,19). The van der Waals surface area contributed by atoms with Crippen molar-refractivity contribution in [2.24, 2.45) is 5.92 Å². The molecule has 1 atom stereocenters. The van der Waals surface area contributed by atoms with Crippen LogP contribution in [0.2, 0.25) is 5.02 Å². The highest BCUT2D eigenvalue weighted by Crippen LogP contribution is 2.23. The maximum atomic E-state index is 12.0. The molecule has 0 saturated carbocycles. The van der Waals surface area contributed by atoms with Crippen molar-refractivity contribution in [2.45, 2.75) is 13.3 Å². The fourth-order valence-electron chi connectivity index (χ4n) is 2.34. The molecule has 1 aliphatic rings. The molecule has 5 heteroatoms. The van der Waals surface area contributed by atoms with Crippen molar-refractivity contribution in [1.29, 1.82) is 0 Å². The first kappa shape index (κ1) is 14.3. The van der Waals surface area contributed by atoms with Gasteiger partial charge in [-0.25, -0.2) is 0 Å². The molecule has 2 N–H and O–H groups in total. The highest BCUT2D eigenvalue weighted by Gasteiger charge is 2.23. The molecular weight excluding hydrogens is 264 g/mol. The summed E-state index contributed by atoms with van der Waals surface area (Å²) in [5.74, 6) is 0.268. The van der Waals surface area contributed by atoms with Crippen LogP contribution in [0.3, 0.4) is 0 Å². The number of aliphatic hydroxyl groups is 1. The fourth-order valence-corrected chi connectivity index (χ4v) is 2.52. The molecule has 1 saturated heterocycles. The van der Waals surface area contributed by atoms with Gasteiger partial charge in [0, 0.05) is 23.9 Å². The van der Waals surface area contributed by atoms with Crippen molar-refractivity contribution in [3.05, 3.63) is 28.8 Å². The molecule has 1 aromatic carbocycles. The molecular formula is C14H19ClN2O2. The third-order valence-electron chi connectivity index (χ3n) is 3.54. The molecule has 0 aliphatic carbocycles. The third-order valence-corrected chi connectivity index (χ3v) is 3.95. The Labute approximate surface area is 118 Å². The van der Waals surface area contributed by atoms with E-state index in [0.717, 1.165) is 30.8 Å². The van der Waals surface area contributed by atoms with Crippen molar-refractivity contribution in [2.75, 3.05) is 31.6 Å². The second-order valence-corrected chi connectivity index (χ2v) is 5.44.